The Morgan fingerprint density at radius 2 is 1.86 bits per heavy atom. The molecule has 114 valence electrons. The topological polar surface area (TPSA) is 60.8 Å². The minimum absolute atomic E-state index is 0.0102. The number of likely N-dealkylation sites (tertiary alicyclic amines) is 1. The second kappa shape index (κ2) is 6.20. The Morgan fingerprint density at radius 1 is 1.09 bits per heavy atom. The van der Waals surface area contributed by atoms with Crippen LogP contribution in [0.1, 0.15) is 17.0 Å². The number of phenols is 1. The number of benzene rings is 2. The van der Waals surface area contributed by atoms with Crippen molar-refractivity contribution in [3.63, 3.8) is 0 Å². The lowest BCUT2D eigenvalue weighted by Gasteiger charge is -2.16. The first-order valence-electron chi connectivity index (χ1n) is 7.41. The van der Waals surface area contributed by atoms with E-state index in [0.29, 0.717) is 13.1 Å². The average molecular weight is 297 g/mol. The van der Waals surface area contributed by atoms with Gasteiger partial charge in [-0.15, -0.1) is 0 Å². The van der Waals surface area contributed by atoms with Gasteiger partial charge in [0, 0.05) is 25.6 Å². The Bertz CT molecular complexity index is 656. The zero-order chi connectivity index (χ0) is 15.5. The molecule has 1 heterocycles. The van der Waals surface area contributed by atoms with Crippen LogP contribution in [0.3, 0.4) is 0 Å². The van der Waals surface area contributed by atoms with Crippen molar-refractivity contribution in [3.8, 4) is 5.75 Å². The number of aromatic hydroxyl groups is 1. The van der Waals surface area contributed by atoms with Crippen molar-refractivity contribution in [1.82, 2.24) is 4.90 Å². The highest BCUT2D eigenvalue weighted by atomic mass is 16.4. The van der Waals surface area contributed by atoms with Crippen LogP contribution in [0.5, 0.6) is 5.75 Å². The molecule has 22 heavy (non-hydrogen) atoms. The third-order valence-corrected chi connectivity index (χ3v) is 4.26. The number of hydrogen-bond donors (Lipinski definition) is 2. The predicted octanol–water partition coefficient (Wildman–Crippen LogP) is 2.69. The fourth-order valence-electron chi connectivity index (χ4n) is 3.22. The standard InChI is InChI=1S/C18H19NO3/c20-15-8-4-5-13(9-15)10-19-11-16(17(12-19)18(21)22)14-6-2-1-3-7-14/h1-9,16-17,20H,10-12H2,(H,21,22)/t16-,17+/m0/s1. The molecule has 1 aliphatic rings. The van der Waals surface area contributed by atoms with Gasteiger partial charge < -0.3 is 10.2 Å². The smallest absolute Gasteiger partial charge is 0.308 e. The number of carbonyl (C=O) groups is 1. The van der Waals surface area contributed by atoms with Gasteiger partial charge in [-0.25, -0.2) is 0 Å². The second-order valence-corrected chi connectivity index (χ2v) is 5.83. The van der Waals surface area contributed by atoms with Crippen LogP contribution in [0, 0.1) is 5.92 Å². The highest BCUT2D eigenvalue weighted by molar-refractivity contribution is 5.72. The van der Waals surface area contributed by atoms with Crippen LogP contribution in [0.15, 0.2) is 54.6 Å². The van der Waals surface area contributed by atoms with Crippen LogP contribution in [0.2, 0.25) is 0 Å². The minimum Gasteiger partial charge on any atom is -0.508 e. The molecule has 2 aromatic rings. The van der Waals surface area contributed by atoms with Crippen LogP contribution >= 0.6 is 0 Å². The second-order valence-electron chi connectivity index (χ2n) is 5.83. The minimum atomic E-state index is -0.743. The first-order chi connectivity index (χ1) is 10.6. The van der Waals surface area contributed by atoms with Crippen molar-refractivity contribution in [2.75, 3.05) is 13.1 Å². The molecule has 0 unspecified atom stereocenters. The molecule has 0 amide bonds. The van der Waals surface area contributed by atoms with Gasteiger partial charge >= 0.3 is 5.97 Å². The first kappa shape index (κ1) is 14.6. The Labute approximate surface area is 129 Å². The molecular weight excluding hydrogens is 278 g/mol. The Hall–Kier alpha value is -2.33. The van der Waals surface area contributed by atoms with Gasteiger partial charge in [-0.3, -0.25) is 9.69 Å². The van der Waals surface area contributed by atoms with Crippen LogP contribution in [-0.4, -0.2) is 34.2 Å². The van der Waals surface area contributed by atoms with E-state index in [2.05, 4.69) is 4.90 Å². The van der Waals surface area contributed by atoms with Crippen molar-refractivity contribution < 1.29 is 15.0 Å². The van der Waals surface area contributed by atoms with E-state index in [0.717, 1.165) is 17.7 Å². The molecule has 1 fully saturated rings. The maximum Gasteiger partial charge on any atom is 0.308 e. The molecule has 3 rings (SSSR count). The number of hydrogen-bond acceptors (Lipinski definition) is 3. The Kier molecular flexibility index (Phi) is 4.11. The van der Waals surface area contributed by atoms with E-state index >= 15 is 0 Å². The van der Waals surface area contributed by atoms with E-state index in [1.165, 1.54) is 0 Å². The van der Waals surface area contributed by atoms with Gasteiger partial charge in [0.2, 0.25) is 0 Å². The molecule has 0 aromatic heterocycles. The van der Waals surface area contributed by atoms with Gasteiger partial charge in [-0.2, -0.15) is 0 Å². The van der Waals surface area contributed by atoms with E-state index in [-0.39, 0.29) is 17.6 Å². The average Bonchev–Trinajstić information content (AvgIpc) is 2.92. The molecule has 0 saturated carbocycles. The van der Waals surface area contributed by atoms with Crippen molar-refractivity contribution in [1.29, 1.82) is 0 Å². The molecule has 2 aromatic carbocycles. The maximum atomic E-state index is 11.6. The quantitative estimate of drug-likeness (QED) is 0.911. The van der Waals surface area contributed by atoms with Crippen LogP contribution in [0.4, 0.5) is 0 Å². The third-order valence-electron chi connectivity index (χ3n) is 4.26. The molecule has 4 heteroatoms. The summed E-state index contributed by atoms with van der Waals surface area (Å²) in [4.78, 5) is 13.7. The highest BCUT2D eigenvalue weighted by Gasteiger charge is 2.38. The van der Waals surface area contributed by atoms with Crippen LogP contribution in [-0.2, 0) is 11.3 Å². The van der Waals surface area contributed by atoms with E-state index < -0.39 is 5.97 Å². The van der Waals surface area contributed by atoms with Crippen LogP contribution < -0.4 is 0 Å². The summed E-state index contributed by atoms with van der Waals surface area (Å²) in [6, 6.07) is 17.0. The molecule has 4 nitrogen and oxygen atoms in total. The van der Waals surface area contributed by atoms with Gasteiger partial charge in [-0.1, -0.05) is 42.5 Å². The predicted molar refractivity (Wildman–Crippen MR) is 83.7 cm³/mol. The number of rotatable bonds is 4. The lowest BCUT2D eigenvalue weighted by atomic mass is 9.89. The largest absolute Gasteiger partial charge is 0.508 e. The molecule has 0 spiro atoms. The van der Waals surface area contributed by atoms with Crippen LogP contribution in [0.25, 0.3) is 0 Å². The lowest BCUT2D eigenvalue weighted by Crippen LogP contribution is -2.23. The number of phenolic OH excluding ortho intramolecular Hbond substituents is 1. The van der Waals surface area contributed by atoms with E-state index in [9.17, 15) is 15.0 Å². The Morgan fingerprint density at radius 3 is 2.55 bits per heavy atom. The summed E-state index contributed by atoms with van der Waals surface area (Å²) < 4.78 is 0. The monoisotopic (exact) mass is 297 g/mol. The third kappa shape index (κ3) is 3.12. The zero-order valence-corrected chi connectivity index (χ0v) is 12.2. The molecule has 0 aliphatic carbocycles. The van der Waals surface area contributed by atoms with Crippen molar-refractivity contribution in [2.45, 2.75) is 12.5 Å². The van der Waals surface area contributed by atoms with Gasteiger partial charge in [-0.05, 0) is 23.3 Å². The number of aliphatic carboxylic acids is 1. The lowest BCUT2D eigenvalue weighted by molar-refractivity contribution is -0.141. The molecule has 0 bridgehead atoms. The summed E-state index contributed by atoms with van der Waals surface area (Å²) in [7, 11) is 0. The number of carboxylic acids is 1. The molecule has 0 radical (unpaired) electrons. The summed E-state index contributed by atoms with van der Waals surface area (Å²) in [5.41, 5.74) is 2.08. The summed E-state index contributed by atoms with van der Waals surface area (Å²) in [6.45, 7) is 1.91. The van der Waals surface area contributed by atoms with E-state index in [1.807, 2.05) is 42.5 Å². The maximum absolute atomic E-state index is 11.6. The van der Waals surface area contributed by atoms with Gasteiger partial charge in [0.05, 0.1) is 5.92 Å². The van der Waals surface area contributed by atoms with Gasteiger partial charge in [0.1, 0.15) is 5.75 Å². The van der Waals surface area contributed by atoms with Crippen molar-refractivity contribution in [3.05, 3.63) is 65.7 Å². The highest BCUT2D eigenvalue weighted by Crippen LogP contribution is 2.33. The molecule has 1 saturated heterocycles. The summed E-state index contributed by atoms with van der Waals surface area (Å²) in [5.74, 6) is -0.880. The fraction of sp³-hybridized carbons (Fsp3) is 0.278. The van der Waals surface area contributed by atoms with Crippen molar-refractivity contribution in [2.24, 2.45) is 5.92 Å². The normalized spacial score (nSPS) is 21.8. The zero-order valence-electron chi connectivity index (χ0n) is 12.2. The number of carboxylic acid groups (broad SMARTS) is 1. The number of nitrogens with zero attached hydrogens (tertiary/aromatic N) is 1. The van der Waals surface area contributed by atoms with E-state index in [1.54, 1.807) is 12.1 Å². The fourth-order valence-corrected chi connectivity index (χ4v) is 3.22. The molecule has 1 aliphatic heterocycles. The summed E-state index contributed by atoms with van der Waals surface area (Å²) >= 11 is 0. The molecule has 2 N–H and O–H groups in total. The van der Waals surface area contributed by atoms with Gasteiger partial charge in [0.15, 0.2) is 0 Å². The SMILES string of the molecule is O=C(O)[C@@H]1CN(Cc2cccc(O)c2)C[C@H]1c1ccccc1. The molecule has 2 atom stereocenters. The summed E-state index contributed by atoms with van der Waals surface area (Å²) in [5, 5.41) is 19.1. The molecular formula is C18H19NO3. The van der Waals surface area contributed by atoms with Crippen molar-refractivity contribution >= 4 is 5.97 Å². The summed E-state index contributed by atoms with van der Waals surface area (Å²) in [6.07, 6.45) is 0. The van der Waals surface area contributed by atoms with Gasteiger partial charge in [0.25, 0.3) is 0 Å². The van der Waals surface area contributed by atoms with E-state index in [4.69, 9.17) is 0 Å². The Balaban J connectivity index is 1.77. The first-order valence-corrected chi connectivity index (χ1v) is 7.41.